The largest absolute Gasteiger partial charge is 0.359 e. The Bertz CT molecular complexity index is 1360. The summed E-state index contributed by atoms with van der Waals surface area (Å²) >= 11 is 1.18. The van der Waals surface area contributed by atoms with Gasteiger partial charge in [-0.05, 0) is 55.2 Å². The Kier molecular flexibility index (Phi) is 6.92. The SMILES string of the molecule is CNC(=O)C1CCC(Cn2c(=O)c3sccc3n(CC(=O)Nc3ccc(F)cc3F)c2=O)CC1. The highest BCUT2D eigenvalue weighted by Gasteiger charge is 2.27. The first-order valence-corrected chi connectivity index (χ1v) is 11.8. The van der Waals surface area contributed by atoms with Gasteiger partial charge in [-0.25, -0.2) is 13.6 Å². The molecule has 11 heteroatoms. The number of carbonyl (C=O) groups excluding carboxylic acids is 2. The molecule has 3 aromatic rings. The van der Waals surface area contributed by atoms with E-state index in [1.54, 1.807) is 18.5 Å². The normalized spacial score (nSPS) is 18.1. The van der Waals surface area contributed by atoms with Gasteiger partial charge < -0.3 is 10.6 Å². The molecule has 0 aliphatic heterocycles. The third kappa shape index (κ3) is 4.79. The van der Waals surface area contributed by atoms with Gasteiger partial charge in [0.05, 0.1) is 11.2 Å². The van der Waals surface area contributed by atoms with Crippen molar-refractivity contribution in [3.8, 4) is 0 Å². The standard InChI is InChI=1S/C23H24F2N4O4S/c1-26-21(31)14-4-2-13(3-5-14)11-29-22(32)20-18(8-9-34-20)28(23(29)33)12-19(30)27-17-7-6-15(24)10-16(17)25/h6-10,13-14H,2-5,11-12H2,1H3,(H,26,31)(H,27,30). The summed E-state index contributed by atoms with van der Waals surface area (Å²) in [7, 11) is 1.60. The van der Waals surface area contributed by atoms with Crippen LogP contribution < -0.4 is 21.9 Å². The summed E-state index contributed by atoms with van der Waals surface area (Å²) in [5.74, 6) is -2.40. The number of benzene rings is 1. The molecule has 1 aliphatic rings. The molecule has 2 N–H and O–H groups in total. The minimum atomic E-state index is -0.932. The Hall–Kier alpha value is -3.34. The van der Waals surface area contributed by atoms with Crippen LogP contribution in [-0.4, -0.2) is 28.0 Å². The molecule has 1 fully saturated rings. The monoisotopic (exact) mass is 490 g/mol. The first kappa shape index (κ1) is 23.8. The number of aromatic nitrogens is 2. The minimum absolute atomic E-state index is 0.00146. The van der Waals surface area contributed by atoms with Crippen molar-refractivity contribution < 1.29 is 18.4 Å². The van der Waals surface area contributed by atoms with Crippen LogP contribution in [0.15, 0.2) is 39.2 Å². The predicted octanol–water partition coefficient (Wildman–Crippen LogP) is 2.69. The summed E-state index contributed by atoms with van der Waals surface area (Å²) in [4.78, 5) is 50.7. The van der Waals surface area contributed by atoms with Crippen molar-refractivity contribution in [2.45, 2.75) is 38.8 Å². The maximum atomic E-state index is 13.9. The molecule has 1 saturated carbocycles. The average molecular weight is 491 g/mol. The van der Waals surface area contributed by atoms with Crippen LogP contribution in [0, 0.1) is 23.5 Å². The van der Waals surface area contributed by atoms with Gasteiger partial charge in [-0.2, -0.15) is 0 Å². The zero-order chi connectivity index (χ0) is 24.4. The third-order valence-electron chi connectivity index (χ3n) is 6.25. The molecule has 0 saturated heterocycles. The van der Waals surface area contributed by atoms with Gasteiger partial charge in [-0.15, -0.1) is 11.3 Å². The summed E-state index contributed by atoms with van der Waals surface area (Å²) in [5.41, 5.74) is -0.916. The van der Waals surface area contributed by atoms with E-state index in [0.717, 1.165) is 16.7 Å². The van der Waals surface area contributed by atoms with Gasteiger partial charge in [0.25, 0.3) is 5.56 Å². The smallest absolute Gasteiger partial charge is 0.332 e. The van der Waals surface area contributed by atoms with E-state index in [1.807, 2.05) is 0 Å². The number of hydrogen-bond donors (Lipinski definition) is 2. The second-order valence-electron chi connectivity index (χ2n) is 8.42. The minimum Gasteiger partial charge on any atom is -0.359 e. The van der Waals surface area contributed by atoms with Gasteiger partial charge in [-0.1, -0.05) is 0 Å². The number of halogens is 2. The van der Waals surface area contributed by atoms with Crippen LogP contribution in [0.4, 0.5) is 14.5 Å². The van der Waals surface area contributed by atoms with E-state index in [0.29, 0.717) is 42.0 Å². The van der Waals surface area contributed by atoms with Crippen molar-refractivity contribution in [3.05, 3.63) is 62.1 Å². The van der Waals surface area contributed by atoms with Crippen LogP contribution in [0.5, 0.6) is 0 Å². The van der Waals surface area contributed by atoms with Crippen molar-refractivity contribution in [1.29, 1.82) is 0 Å². The molecule has 180 valence electrons. The highest BCUT2D eigenvalue weighted by molar-refractivity contribution is 7.17. The van der Waals surface area contributed by atoms with Crippen molar-refractivity contribution >= 4 is 39.1 Å². The van der Waals surface area contributed by atoms with E-state index >= 15 is 0 Å². The molecular formula is C23H24F2N4O4S. The van der Waals surface area contributed by atoms with Crippen LogP contribution in [0.25, 0.3) is 10.2 Å². The second kappa shape index (κ2) is 9.88. The fourth-order valence-electron chi connectivity index (χ4n) is 4.44. The molecule has 34 heavy (non-hydrogen) atoms. The van der Waals surface area contributed by atoms with Gasteiger partial charge in [0.1, 0.15) is 22.9 Å². The third-order valence-corrected chi connectivity index (χ3v) is 7.14. The number of nitrogens with zero attached hydrogens (tertiary/aromatic N) is 2. The number of nitrogens with one attached hydrogen (secondary N) is 2. The van der Waals surface area contributed by atoms with Crippen molar-refractivity contribution in [2.24, 2.45) is 11.8 Å². The summed E-state index contributed by atoms with van der Waals surface area (Å²) in [6.07, 6.45) is 2.77. The van der Waals surface area contributed by atoms with E-state index < -0.39 is 35.3 Å². The number of amides is 2. The van der Waals surface area contributed by atoms with E-state index in [1.165, 1.54) is 15.9 Å². The lowest BCUT2D eigenvalue weighted by molar-refractivity contribution is -0.125. The van der Waals surface area contributed by atoms with Gasteiger partial charge >= 0.3 is 5.69 Å². The van der Waals surface area contributed by atoms with Crippen molar-refractivity contribution in [1.82, 2.24) is 14.5 Å². The summed E-state index contributed by atoms with van der Waals surface area (Å²) in [5, 5.41) is 6.67. The van der Waals surface area contributed by atoms with E-state index in [-0.39, 0.29) is 30.0 Å². The Morgan fingerprint density at radius 2 is 1.82 bits per heavy atom. The molecule has 4 rings (SSSR count). The van der Waals surface area contributed by atoms with E-state index in [9.17, 15) is 28.0 Å². The predicted molar refractivity (Wildman–Crippen MR) is 125 cm³/mol. The lowest BCUT2D eigenvalue weighted by Crippen LogP contribution is -2.43. The van der Waals surface area contributed by atoms with Crippen molar-refractivity contribution in [3.63, 3.8) is 0 Å². The van der Waals surface area contributed by atoms with Gasteiger partial charge in [0.2, 0.25) is 11.8 Å². The molecule has 2 amide bonds. The fourth-order valence-corrected chi connectivity index (χ4v) is 5.28. The highest BCUT2D eigenvalue weighted by Crippen LogP contribution is 2.29. The number of anilines is 1. The summed E-state index contributed by atoms with van der Waals surface area (Å²) < 4.78 is 29.7. The Morgan fingerprint density at radius 1 is 1.09 bits per heavy atom. The van der Waals surface area contributed by atoms with E-state index in [4.69, 9.17) is 0 Å². The molecule has 2 heterocycles. The topological polar surface area (TPSA) is 102 Å². The quantitative estimate of drug-likeness (QED) is 0.555. The fraction of sp³-hybridized carbons (Fsp3) is 0.391. The van der Waals surface area contributed by atoms with E-state index in [2.05, 4.69) is 10.6 Å². The van der Waals surface area contributed by atoms with Gasteiger partial charge in [-0.3, -0.25) is 23.5 Å². The number of fused-ring (bicyclic) bond motifs is 1. The maximum absolute atomic E-state index is 13.9. The molecule has 0 spiro atoms. The lowest BCUT2D eigenvalue weighted by Gasteiger charge is -2.27. The number of carbonyl (C=O) groups is 2. The van der Waals surface area contributed by atoms with Crippen LogP contribution in [0.3, 0.4) is 0 Å². The van der Waals surface area contributed by atoms with Crippen LogP contribution in [0.2, 0.25) is 0 Å². The molecular weight excluding hydrogens is 466 g/mol. The second-order valence-corrected chi connectivity index (χ2v) is 9.34. The Labute approximate surface area is 197 Å². The average Bonchev–Trinajstić information content (AvgIpc) is 3.31. The Balaban J connectivity index is 1.58. The zero-order valence-electron chi connectivity index (χ0n) is 18.5. The zero-order valence-corrected chi connectivity index (χ0v) is 19.3. The molecule has 8 nitrogen and oxygen atoms in total. The first-order chi connectivity index (χ1) is 16.3. The Morgan fingerprint density at radius 3 is 2.50 bits per heavy atom. The van der Waals surface area contributed by atoms with Crippen molar-refractivity contribution in [2.75, 3.05) is 12.4 Å². The van der Waals surface area contributed by atoms with Gasteiger partial charge in [0.15, 0.2) is 0 Å². The maximum Gasteiger partial charge on any atom is 0.332 e. The summed E-state index contributed by atoms with van der Waals surface area (Å²) in [6.45, 7) is -0.243. The van der Waals surface area contributed by atoms with Crippen LogP contribution in [-0.2, 0) is 22.7 Å². The number of rotatable bonds is 6. The molecule has 0 atom stereocenters. The summed E-state index contributed by atoms with van der Waals surface area (Å²) in [6, 6.07) is 4.36. The van der Waals surface area contributed by atoms with Crippen LogP contribution >= 0.6 is 11.3 Å². The van der Waals surface area contributed by atoms with Crippen LogP contribution in [0.1, 0.15) is 25.7 Å². The van der Waals surface area contributed by atoms with Gasteiger partial charge in [0, 0.05) is 25.6 Å². The molecule has 1 aromatic carbocycles. The number of hydrogen-bond acceptors (Lipinski definition) is 5. The first-order valence-electron chi connectivity index (χ1n) is 11.0. The molecule has 0 radical (unpaired) electrons. The lowest BCUT2D eigenvalue weighted by atomic mass is 9.81. The molecule has 2 aromatic heterocycles. The molecule has 1 aliphatic carbocycles. The molecule has 0 unspecified atom stereocenters. The molecule has 0 bridgehead atoms. The number of thiophene rings is 1. The highest BCUT2D eigenvalue weighted by atomic mass is 32.1.